The number of nitrogens with zero attached hydrogens (tertiary/aromatic N) is 2. The van der Waals surface area contributed by atoms with Gasteiger partial charge in [-0.05, 0) is 36.6 Å². The molecule has 4 N–H and O–H groups in total. The molecular formula is C28H27Cl2N5O4S. The van der Waals surface area contributed by atoms with E-state index in [4.69, 9.17) is 33.7 Å². The zero-order valence-corrected chi connectivity index (χ0v) is 23.9. The lowest BCUT2D eigenvalue weighted by molar-refractivity contribution is -0.140. The molecule has 1 saturated heterocycles. The fourth-order valence-corrected chi connectivity index (χ4v) is 6.34. The Bertz CT molecular complexity index is 1590. The van der Waals surface area contributed by atoms with Crippen molar-refractivity contribution in [1.82, 2.24) is 14.9 Å². The molecule has 40 heavy (non-hydrogen) atoms. The molecule has 1 aliphatic heterocycles. The third-order valence-electron chi connectivity index (χ3n) is 6.87. The van der Waals surface area contributed by atoms with Gasteiger partial charge in [0, 0.05) is 45.8 Å². The van der Waals surface area contributed by atoms with Crippen LogP contribution in [0.3, 0.4) is 0 Å². The molecular weight excluding hydrogens is 573 g/mol. The summed E-state index contributed by atoms with van der Waals surface area (Å²) in [5, 5.41) is 4.96. The lowest BCUT2D eigenvalue weighted by atomic mass is 10.1. The highest BCUT2D eigenvalue weighted by atomic mass is 35.5. The average Bonchev–Trinajstić information content (AvgIpc) is 3.68. The normalized spacial score (nSPS) is 16.9. The molecule has 208 valence electrons. The average molecular weight is 601 g/mol. The number of fused-ring (bicyclic) bond motifs is 1. The van der Waals surface area contributed by atoms with E-state index in [2.05, 4.69) is 15.3 Å². The molecule has 0 spiro atoms. The largest absolute Gasteiger partial charge is 0.469 e. The minimum atomic E-state index is -0.331. The van der Waals surface area contributed by atoms with E-state index in [0.717, 1.165) is 20.8 Å². The van der Waals surface area contributed by atoms with Crippen LogP contribution in [-0.2, 0) is 27.2 Å². The highest BCUT2D eigenvalue weighted by Gasteiger charge is 2.36. The molecule has 3 heterocycles. The Balaban J connectivity index is 1.28. The minimum Gasteiger partial charge on any atom is -0.469 e. The molecule has 5 rings (SSSR count). The number of anilines is 1. The Morgan fingerprint density at radius 2 is 2.02 bits per heavy atom. The maximum atomic E-state index is 13.4. The summed E-state index contributed by atoms with van der Waals surface area (Å²) in [7, 11) is 1.36. The van der Waals surface area contributed by atoms with Crippen molar-refractivity contribution in [3.8, 4) is 0 Å². The lowest BCUT2D eigenvalue weighted by Gasteiger charge is -2.23. The SMILES string of the molecule is COC(=O)CCc1cnc([C@@H]2C[C@H](N)CN2C(=O)Cc2cc(Cl)c(NC(=O)c3c[nH]c4ccccc34)cc2Cl)s1. The number of methoxy groups -OCH3 is 1. The number of hydrogen-bond acceptors (Lipinski definition) is 7. The number of hydrogen-bond donors (Lipinski definition) is 3. The Labute approximate surface area is 244 Å². The number of halogens is 2. The van der Waals surface area contributed by atoms with Crippen LogP contribution in [0.4, 0.5) is 5.69 Å². The number of nitrogens with one attached hydrogen (secondary N) is 2. The highest BCUT2D eigenvalue weighted by molar-refractivity contribution is 7.11. The van der Waals surface area contributed by atoms with Gasteiger partial charge in [-0.15, -0.1) is 11.3 Å². The second kappa shape index (κ2) is 12.0. The van der Waals surface area contributed by atoms with E-state index < -0.39 is 0 Å². The van der Waals surface area contributed by atoms with Gasteiger partial charge in [0.1, 0.15) is 5.01 Å². The highest BCUT2D eigenvalue weighted by Crippen LogP contribution is 2.36. The second-order valence-corrected chi connectivity index (χ2v) is 11.6. The van der Waals surface area contributed by atoms with Gasteiger partial charge in [0.05, 0.1) is 42.3 Å². The number of carbonyl (C=O) groups is 3. The van der Waals surface area contributed by atoms with E-state index in [-0.39, 0.29) is 47.7 Å². The fourth-order valence-electron chi connectivity index (χ4n) is 4.83. The fraction of sp³-hybridized carbons (Fsp3) is 0.286. The first-order valence-corrected chi connectivity index (χ1v) is 14.2. The number of thiazole rings is 1. The van der Waals surface area contributed by atoms with Gasteiger partial charge in [-0.25, -0.2) is 4.98 Å². The number of nitrogens with two attached hydrogens (primary N) is 1. The van der Waals surface area contributed by atoms with E-state index >= 15 is 0 Å². The summed E-state index contributed by atoms with van der Waals surface area (Å²) in [4.78, 5) is 48.1. The molecule has 0 saturated carbocycles. The Morgan fingerprint density at radius 3 is 2.83 bits per heavy atom. The minimum absolute atomic E-state index is 0.0129. The van der Waals surface area contributed by atoms with E-state index in [1.165, 1.54) is 18.4 Å². The number of likely N-dealkylation sites (tertiary alicyclic amines) is 1. The van der Waals surface area contributed by atoms with Gasteiger partial charge in [-0.3, -0.25) is 14.4 Å². The van der Waals surface area contributed by atoms with E-state index in [9.17, 15) is 14.4 Å². The number of ether oxygens (including phenoxy) is 1. The number of aromatic nitrogens is 2. The van der Waals surface area contributed by atoms with Gasteiger partial charge in [-0.2, -0.15) is 0 Å². The molecule has 4 aromatic rings. The standard InChI is InChI=1S/C28H27Cl2N5O4S/c1-39-26(37)7-6-17-12-33-28(40-17)24-10-16(31)14-35(24)25(36)9-15-8-21(30)23(11-20(15)29)34-27(38)19-13-32-22-5-3-2-4-18(19)22/h2-5,8,11-13,16,24,32H,6-7,9-10,14,31H2,1H3,(H,34,38)/t16-,24-/m0/s1. The number of para-hydroxylation sites is 1. The first kappa shape index (κ1) is 28.1. The number of esters is 1. The summed E-state index contributed by atoms with van der Waals surface area (Å²) in [6.07, 6.45) is 4.76. The summed E-state index contributed by atoms with van der Waals surface area (Å²) in [6, 6.07) is 10.2. The number of aryl methyl sites for hydroxylation is 1. The van der Waals surface area contributed by atoms with Crippen molar-refractivity contribution in [3.63, 3.8) is 0 Å². The smallest absolute Gasteiger partial charge is 0.305 e. The summed E-state index contributed by atoms with van der Waals surface area (Å²) in [6.45, 7) is 0.394. The number of carbonyl (C=O) groups excluding carboxylic acids is 3. The molecule has 9 nitrogen and oxygen atoms in total. The van der Waals surface area contributed by atoms with Gasteiger partial charge < -0.3 is 25.7 Å². The van der Waals surface area contributed by atoms with Crippen LogP contribution in [0.15, 0.2) is 48.8 Å². The van der Waals surface area contributed by atoms with Crippen LogP contribution in [0.5, 0.6) is 0 Å². The van der Waals surface area contributed by atoms with Crippen LogP contribution in [0.25, 0.3) is 10.9 Å². The Kier molecular flexibility index (Phi) is 8.41. The quantitative estimate of drug-likeness (QED) is 0.241. The molecule has 2 aromatic heterocycles. The van der Waals surface area contributed by atoms with Gasteiger partial charge >= 0.3 is 5.97 Å². The first-order chi connectivity index (χ1) is 19.2. The zero-order valence-electron chi connectivity index (χ0n) is 21.6. The van der Waals surface area contributed by atoms with E-state index in [1.807, 2.05) is 24.3 Å². The zero-order chi connectivity index (χ0) is 28.4. The lowest BCUT2D eigenvalue weighted by Crippen LogP contribution is -2.34. The molecule has 0 radical (unpaired) electrons. The van der Waals surface area contributed by atoms with Crippen LogP contribution in [0.2, 0.25) is 10.0 Å². The summed E-state index contributed by atoms with van der Waals surface area (Å²) in [5.74, 6) is -0.769. The van der Waals surface area contributed by atoms with Crippen LogP contribution >= 0.6 is 34.5 Å². The summed E-state index contributed by atoms with van der Waals surface area (Å²) >= 11 is 14.5. The maximum Gasteiger partial charge on any atom is 0.305 e. The summed E-state index contributed by atoms with van der Waals surface area (Å²) < 4.78 is 4.71. The summed E-state index contributed by atoms with van der Waals surface area (Å²) in [5.41, 5.74) is 8.45. The third kappa shape index (κ3) is 6.00. The Morgan fingerprint density at radius 1 is 1.23 bits per heavy atom. The van der Waals surface area contributed by atoms with E-state index in [0.29, 0.717) is 41.2 Å². The molecule has 1 aliphatic rings. The number of H-pyrrole nitrogens is 1. The number of amides is 2. The molecule has 0 bridgehead atoms. The van der Waals surface area contributed by atoms with Crippen molar-refractivity contribution >= 4 is 68.9 Å². The molecule has 2 atom stereocenters. The van der Waals surface area contributed by atoms with Crippen molar-refractivity contribution in [2.45, 2.75) is 37.8 Å². The van der Waals surface area contributed by atoms with Crippen molar-refractivity contribution in [3.05, 3.63) is 79.8 Å². The number of aromatic amines is 1. The molecule has 2 amide bonds. The molecule has 1 fully saturated rings. The van der Waals surface area contributed by atoms with Gasteiger partial charge in [-0.1, -0.05) is 41.4 Å². The van der Waals surface area contributed by atoms with Crippen molar-refractivity contribution in [2.75, 3.05) is 19.0 Å². The van der Waals surface area contributed by atoms with Gasteiger partial charge in [0.15, 0.2) is 0 Å². The predicted octanol–water partition coefficient (Wildman–Crippen LogP) is 5.13. The topological polar surface area (TPSA) is 130 Å². The van der Waals surface area contributed by atoms with Gasteiger partial charge in [0.25, 0.3) is 5.91 Å². The number of rotatable bonds is 8. The van der Waals surface area contributed by atoms with Crippen molar-refractivity contribution < 1.29 is 19.1 Å². The predicted molar refractivity (Wildman–Crippen MR) is 156 cm³/mol. The number of benzene rings is 2. The van der Waals surface area contributed by atoms with Crippen molar-refractivity contribution in [2.24, 2.45) is 5.73 Å². The molecule has 0 unspecified atom stereocenters. The van der Waals surface area contributed by atoms with Crippen LogP contribution in [0.1, 0.15) is 44.7 Å². The van der Waals surface area contributed by atoms with Crippen molar-refractivity contribution in [1.29, 1.82) is 0 Å². The second-order valence-electron chi connectivity index (χ2n) is 9.60. The van der Waals surface area contributed by atoms with Crippen LogP contribution < -0.4 is 11.1 Å². The van der Waals surface area contributed by atoms with Crippen LogP contribution in [0, 0.1) is 0 Å². The monoisotopic (exact) mass is 599 g/mol. The van der Waals surface area contributed by atoms with Crippen LogP contribution in [-0.4, -0.2) is 52.3 Å². The first-order valence-electron chi connectivity index (χ1n) is 12.6. The molecule has 0 aliphatic carbocycles. The maximum absolute atomic E-state index is 13.4. The Hall–Kier alpha value is -3.44. The molecule has 2 aromatic carbocycles. The third-order valence-corrected chi connectivity index (χ3v) is 8.70. The van der Waals surface area contributed by atoms with E-state index in [1.54, 1.807) is 29.4 Å². The van der Waals surface area contributed by atoms with Gasteiger partial charge in [0.2, 0.25) is 5.91 Å². The molecule has 12 heteroatoms.